The molecule has 1 N–H and O–H groups in total. The second-order valence-corrected chi connectivity index (χ2v) is 0.779. The maximum absolute atomic E-state index is 8.98. The van der Waals surface area contributed by atoms with Crippen molar-refractivity contribution in [2.75, 3.05) is 0 Å². The number of aliphatic hydroxyl groups excluding tert-OH is 1. The summed E-state index contributed by atoms with van der Waals surface area (Å²) in [7, 11) is 0. The molecule has 1 unspecified atom stereocenters. The van der Waals surface area contributed by atoms with Crippen LogP contribution in [-0.4, -0.2) is 11.4 Å². The molecule has 0 heterocycles. The van der Waals surface area contributed by atoms with Crippen LogP contribution in [0, 0.1) is 4.91 Å². The molecule has 0 rings (SSSR count). The molecule has 6 heavy (non-hydrogen) atoms. The van der Waals surface area contributed by atoms with Gasteiger partial charge in [-0.3, -0.25) is 0 Å². The zero-order valence-electron chi connectivity index (χ0n) is 3.29. The van der Waals surface area contributed by atoms with E-state index in [9.17, 15) is 0 Å². The van der Waals surface area contributed by atoms with Gasteiger partial charge in [0.1, 0.15) is 0 Å². The van der Waals surface area contributed by atoms with Gasteiger partial charge in [-0.05, 0) is 0 Å². The molecule has 4 heteroatoms. The predicted molar refractivity (Wildman–Crippen MR) is 18.6 cm³/mol. The molecule has 0 aromatic heterocycles. The Morgan fingerprint density at radius 3 is 2.50 bits per heavy atom. The van der Waals surface area contributed by atoms with Gasteiger partial charge in [0.25, 0.3) is 0 Å². The number of hydrogen-bond donors (Lipinski definition) is 1. The molecule has 0 fully saturated rings. The van der Waals surface area contributed by atoms with Gasteiger partial charge in [-0.2, -0.15) is 0 Å². The van der Waals surface area contributed by atoms with E-state index in [4.69, 9.17) is 10.0 Å². The average molecular weight is 91.1 g/mol. The SMILES string of the molecule is CC(O)ON=O. The van der Waals surface area contributed by atoms with Crippen molar-refractivity contribution in [1.29, 1.82) is 0 Å². The van der Waals surface area contributed by atoms with Gasteiger partial charge in [0.2, 0.25) is 6.29 Å². The van der Waals surface area contributed by atoms with Gasteiger partial charge >= 0.3 is 0 Å². The van der Waals surface area contributed by atoms with E-state index in [2.05, 4.69) is 4.84 Å². The third-order valence-corrected chi connectivity index (χ3v) is 0.196. The van der Waals surface area contributed by atoms with Gasteiger partial charge in [-0.1, -0.05) is 0 Å². The summed E-state index contributed by atoms with van der Waals surface area (Å²) in [5.41, 5.74) is 0. The van der Waals surface area contributed by atoms with Crippen molar-refractivity contribution in [3.05, 3.63) is 4.91 Å². The molecule has 0 saturated carbocycles. The van der Waals surface area contributed by atoms with Gasteiger partial charge in [-0.15, -0.1) is 4.91 Å². The summed E-state index contributed by atoms with van der Waals surface area (Å²) in [6, 6.07) is 0. The maximum Gasteiger partial charge on any atom is 0.224 e. The Morgan fingerprint density at radius 2 is 2.50 bits per heavy atom. The third kappa shape index (κ3) is 3.36. The lowest BCUT2D eigenvalue weighted by molar-refractivity contribution is -0.0858. The fourth-order valence-electron chi connectivity index (χ4n) is 0.0623. The molecule has 0 saturated heterocycles. The van der Waals surface area contributed by atoms with E-state index >= 15 is 0 Å². The molecule has 0 aromatic rings. The zero-order valence-corrected chi connectivity index (χ0v) is 3.29. The number of aliphatic hydroxyl groups is 1. The van der Waals surface area contributed by atoms with Crippen LogP contribution in [0.5, 0.6) is 0 Å². The Balaban J connectivity index is 2.81. The summed E-state index contributed by atoms with van der Waals surface area (Å²) >= 11 is 0. The predicted octanol–water partition coefficient (Wildman–Crippen LogP) is 0.0227. The first-order valence-electron chi connectivity index (χ1n) is 1.44. The summed E-state index contributed by atoms with van der Waals surface area (Å²) in [6.45, 7) is 1.29. The molecule has 0 aliphatic rings. The molecule has 4 nitrogen and oxygen atoms in total. The molecule has 0 aliphatic heterocycles. The Labute approximate surface area is 34.7 Å². The molecule has 36 valence electrons. The van der Waals surface area contributed by atoms with Crippen LogP contribution in [-0.2, 0) is 4.84 Å². The summed E-state index contributed by atoms with van der Waals surface area (Å²) < 4.78 is 0. The minimum absolute atomic E-state index is 1.08. The fourth-order valence-corrected chi connectivity index (χ4v) is 0.0623. The van der Waals surface area contributed by atoms with Crippen LogP contribution in [0.25, 0.3) is 0 Å². The van der Waals surface area contributed by atoms with Crippen molar-refractivity contribution in [3.8, 4) is 0 Å². The molecule has 0 spiro atoms. The van der Waals surface area contributed by atoms with Crippen LogP contribution in [0.1, 0.15) is 6.92 Å². The quantitative estimate of drug-likeness (QED) is 0.296. The number of nitrogens with zero attached hydrogens (tertiary/aromatic N) is 1. The summed E-state index contributed by atoms with van der Waals surface area (Å²) in [5, 5.41) is 9.97. The van der Waals surface area contributed by atoms with Gasteiger partial charge in [0, 0.05) is 6.92 Å². The Hall–Kier alpha value is -0.640. The first-order valence-corrected chi connectivity index (χ1v) is 1.44. The van der Waals surface area contributed by atoms with Crippen molar-refractivity contribution in [2.24, 2.45) is 5.34 Å². The second kappa shape index (κ2) is 2.59. The lowest BCUT2D eigenvalue weighted by atomic mass is 10.8. The van der Waals surface area contributed by atoms with E-state index in [-0.39, 0.29) is 0 Å². The van der Waals surface area contributed by atoms with Crippen LogP contribution < -0.4 is 0 Å². The molecule has 1 atom stereocenters. The van der Waals surface area contributed by atoms with E-state index in [1.807, 2.05) is 5.34 Å². The van der Waals surface area contributed by atoms with Gasteiger partial charge in [0.15, 0.2) is 5.34 Å². The highest BCUT2D eigenvalue weighted by Gasteiger charge is 1.87. The van der Waals surface area contributed by atoms with Crippen molar-refractivity contribution < 1.29 is 9.94 Å². The van der Waals surface area contributed by atoms with E-state index in [0.717, 1.165) is 0 Å². The first kappa shape index (κ1) is 5.36. The Bertz CT molecular complexity index is 44.1. The molecule has 0 radical (unpaired) electrons. The van der Waals surface area contributed by atoms with Crippen molar-refractivity contribution >= 4 is 0 Å². The summed E-state index contributed by atoms with van der Waals surface area (Å²) in [6.07, 6.45) is -1.08. The minimum atomic E-state index is -1.08. The van der Waals surface area contributed by atoms with Crippen molar-refractivity contribution in [1.82, 2.24) is 0 Å². The lowest BCUT2D eigenvalue weighted by Crippen LogP contribution is -1.98. The van der Waals surface area contributed by atoms with E-state index in [1.165, 1.54) is 6.92 Å². The summed E-state index contributed by atoms with van der Waals surface area (Å²) in [5.74, 6) is 0. The smallest absolute Gasteiger partial charge is 0.224 e. The highest BCUT2D eigenvalue weighted by Crippen LogP contribution is 1.79. The van der Waals surface area contributed by atoms with E-state index in [1.54, 1.807) is 0 Å². The van der Waals surface area contributed by atoms with Gasteiger partial charge in [0.05, 0.1) is 0 Å². The number of hydrogen-bond acceptors (Lipinski definition) is 4. The van der Waals surface area contributed by atoms with E-state index in [0.29, 0.717) is 0 Å². The van der Waals surface area contributed by atoms with Crippen LogP contribution >= 0.6 is 0 Å². The second-order valence-electron chi connectivity index (χ2n) is 0.779. The number of rotatable bonds is 2. The minimum Gasteiger partial charge on any atom is -0.357 e. The van der Waals surface area contributed by atoms with Crippen LogP contribution in [0.4, 0.5) is 0 Å². The van der Waals surface area contributed by atoms with Crippen molar-refractivity contribution in [2.45, 2.75) is 13.2 Å². The molecule has 0 bridgehead atoms. The Morgan fingerprint density at radius 1 is 2.00 bits per heavy atom. The van der Waals surface area contributed by atoms with E-state index < -0.39 is 6.29 Å². The first-order chi connectivity index (χ1) is 2.77. The Kier molecular flexibility index (Phi) is 2.31. The van der Waals surface area contributed by atoms with Crippen LogP contribution in [0.3, 0.4) is 0 Å². The van der Waals surface area contributed by atoms with Gasteiger partial charge in [-0.25, -0.2) is 0 Å². The van der Waals surface area contributed by atoms with Gasteiger partial charge < -0.3 is 9.94 Å². The molecule has 0 aromatic carbocycles. The summed E-state index contributed by atoms with van der Waals surface area (Å²) in [4.78, 5) is 12.6. The largest absolute Gasteiger partial charge is 0.357 e. The molecule has 0 aliphatic carbocycles. The fraction of sp³-hybridized carbons (Fsp3) is 1.00. The topological polar surface area (TPSA) is 58.9 Å². The normalized spacial score (nSPS) is 13.0. The maximum atomic E-state index is 8.98. The molecular weight excluding hydrogens is 86.0 g/mol. The molecular formula is C2H5NO3. The zero-order chi connectivity index (χ0) is 4.99. The van der Waals surface area contributed by atoms with Crippen LogP contribution in [0.2, 0.25) is 0 Å². The highest BCUT2D eigenvalue weighted by molar-refractivity contribution is 4.13. The average Bonchev–Trinajstić information content (AvgIpc) is 1.35. The van der Waals surface area contributed by atoms with Crippen LogP contribution in [0.15, 0.2) is 5.34 Å². The lowest BCUT2D eigenvalue weighted by Gasteiger charge is -1.91. The standard InChI is InChI=1S/C2H5NO3/c1-2(4)6-3-5/h2,4H,1H3. The third-order valence-electron chi connectivity index (χ3n) is 0.196. The molecule has 0 amide bonds. The highest BCUT2D eigenvalue weighted by atomic mass is 16.8. The van der Waals surface area contributed by atoms with Crippen molar-refractivity contribution in [3.63, 3.8) is 0 Å². The monoisotopic (exact) mass is 91.0 g/mol.